The van der Waals surface area contributed by atoms with Gasteiger partial charge in [0.2, 0.25) is 0 Å². The second-order valence-electron chi connectivity index (χ2n) is 5.06. The van der Waals surface area contributed by atoms with Gasteiger partial charge in [-0.3, -0.25) is 0 Å². The lowest BCUT2D eigenvalue weighted by Gasteiger charge is -2.12. The van der Waals surface area contributed by atoms with E-state index in [1.165, 1.54) is 5.56 Å². The average molecular weight is 377 g/mol. The predicted molar refractivity (Wildman–Crippen MR) is 95.7 cm³/mol. The highest BCUT2D eigenvalue weighted by Crippen LogP contribution is 2.17. The van der Waals surface area contributed by atoms with Crippen LogP contribution in [0.4, 0.5) is 4.79 Å². The van der Waals surface area contributed by atoms with Gasteiger partial charge in [0.25, 0.3) is 0 Å². The summed E-state index contributed by atoms with van der Waals surface area (Å²) in [7, 11) is 0. The number of para-hydroxylation sites is 1. The molecular weight excluding hydrogens is 356 g/mol. The van der Waals surface area contributed by atoms with Crippen molar-refractivity contribution >= 4 is 22.0 Å². The lowest BCUT2D eigenvalue weighted by molar-refractivity contribution is 0.223. The summed E-state index contributed by atoms with van der Waals surface area (Å²) in [6, 6.07) is 15.7. The zero-order valence-electron chi connectivity index (χ0n) is 13.1. The van der Waals surface area contributed by atoms with Crippen molar-refractivity contribution in [3.63, 3.8) is 0 Å². The molecule has 0 saturated heterocycles. The molecule has 2 aromatic carbocycles. The first kappa shape index (κ1) is 17.3. The van der Waals surface area contributed by atoms with Crippen molar-refractivity contribution in [2.45, 2.75) is 19.8 Å². The number of benzene rings is 2. The Morgan fingerprint density at radius 2 is 1.83 bits per heavy atom. The SMILES string of the molecule is CCc1ccccc1OCNC(=O)NCCc1ccc(Br)cc1. The lowest BCUT2D eigenvalue weighted by Crippen LogP contribution is -2.38. The summed E-state index contributed by atoms with van der Waals surface area (Å²) in [5.74, 6) is 0.810. The van der Waals surface area contributed by atoms with Crippen LogP contribution in [0.2, 0.25) is 0 Å². The summed E-state index contributed by atoms with van der Waals surface area (Å²) in [6.45, 7) is 2.81. The highest BCUT2D eigenvalue weighted by molar-refractivity contribution is 9.10. The molecule has 0 bridgehead atoms. The molecule has 4 nitrogen and oxygen atoms in total. The maximum Gasteiger partial charge on any atom is 0.317 e. The summed E-state index contributed by atoms with van der Waals surface area (Å²) < 4.78 is 6.65. The first-order valence-corrected chi connectivity index (χ1v) is 8.45. The van der Waals surface area contributed by atoms with Gasteiger partial charge in [-0.25, -0.2) is 4.79 Å². The zero-order valence-corrected chi connectivity index (χ0v) is 14.7. The largest absolute Gasteiger partial charge is 0.473 e. The topological polar surface area (TPSA) is 50.4 Å². The second kappa shape index (κ2) is 9.20. The molecule has 2 rings (SSSR count). The molecular formula is C18H21BrN2O2. The molecule has 2 aromatic rings. The molecule has 0 fully saturated rings. The highest BCUT2D eigenvalue weighted by Gasteiger charge is 2.03. The molecule has 122 valence electrons. The van der Waals surface area contributed by atoms with Crippen LogP contribution in [-0.2, 0) is 12.8 Å². The van der Waals surface area contributed by atoms with Crippen molar-refractivity contribution in [2.24, 2.45) is 0 Å². The molecule has 0 spiro atoms. The van der Waals surface area contributed by atoms with E-state index in [0.717, 1.165) is 28.6 Å². The van der Waals surface area contributed by atoms with Crippen molar-refractivity contribution in [2.75, 3.05) is 13.3 Å². The number of hydrogen-bond acceptors (Lipinski definition) is 2. The number of carbonyl (C=O) groups excluding carboxylic acids is 1. The van der Waals surface area contributed by atoms with Crippen LogP contribution in [0, 0.1) is 0 Å². The summed E-state index contributed by atoms with van der Waals surface area (Å²) in [5, 5.41) is 5.52. The summed E-state index contributed by atoms with van der Waals surface area (Å²) in [4.78, 5) is 11.7. The molecule has 2 N–H and O–H groups in total. The Morgan fingerprint density at radius 1 is 1.09 bits per heavy atom. The maximum atomic E-state index is 11.7. The minimum Gasteiger partial charge on any atom is -0.473 e. The van der Waals surface area contributed by atoms with E-state index in [4.69, 9.17) is 4.74 Å². The molecule has 0 unspecified atom stereocenters. The summed E-state index contributed by atoms with van der Waals surface area (Å²) >= 11 is 3.40. The van der Waals surface area contributed by atoms with E-state index in [2.05, 4.69) is 33.5 Å². The number of hydrogen-bond donors (Lipinski definition) is 2. The molecule has 0 radical (unpaired) electrons. The number of ether oxygens (including phenoxy) is 1. The standard InChI is InChI=1S/C18H21BrN2O2/c1-2-15-5-3-4-6-17(15)23-13-21-18(22)20-12-11-14-7-9-16(19)10-8-14/h3-10H,2,11-13H2,1H3,(H2,20,21,22). The van der Waals surface area contributed by atoms with E-state index in [-0.39, 0.29) is 12.8 Å². The number of nitrogens with one attached hydrogen (secondary N) is 2. The molecule has 0 aromatic heterocycles. The van der Waals surface area contributed by atoms with Crippen LogP contribution in [-0.4, -0.2) is 19.3 Å². The quantitative estimate of drug-likeness (QED) is 0.720. The minimum absolute atomic E-state index is 0.154. The Bertz CT molecular complexity index is 629. The van der Waals surface area contributed by atoms with Crippen molar-refractivity contribution in [3.05, 3.63) is 64.1 Å². The third-order valence-electron chi connectivity index (χ3n) is 3.43. The van der Waals surface area contributed by atoms with E-state index in [9.17, 15) is 4.79 Å². The van der Waals surface area contributed by atoms with Gasteiger partial charge in [-0.2, -0.15) is 0 Å². The third kappa shape index (κ3) is 5.94. The first-order valence-electron chi connectivity index (χ1n) is 7.66. The Kier molecular flexibility index (Phi) is 6.94. The number of urea groups is 1. The Hall–Kier alpha value is -2.01. The number of halogens is 1. The fourth-order valence-electron chi connectivity index (χ4n) is 2.15. The lowest BCUT2D eigenvalue weighted by atomic mass is 10.1. The van der Waals surface area contributed by atoms with E-state index in [1.54, 1.807) is 0 Å². The van der Waals surface area contributed by atoms with Gasteiger partial charge in [0.1, 0.15) is 5.75 Å². The van der Waals surface area contributed by atoms with Crippen LogP contribution in [0.15, 0.2) is 53.0 Å². The van der Waals surface area contributed by atoms with E-state index in [1.807, 2.05) is 48.5 Å². The zero-order chi connectivity index (χ0) is 16.5. The first-order chi connectivity index (χ1) is 11.2. The third-order valence-corrected chi connectivity index (χ3v) is 3.96. The number of aryl methyl sites for hydroxylation is 1. The van der Waals surface area contributed by atoms with Gasteiger partial charge in [0.05, 0.1) is 0 Å². The highest BCUT2D eigenvalue weighted by atomic mass is 79.9. The predicted octanol–water partition coefficient (Wildman–Crippen LogP) is 3.89. The van der Waals surface area contributed by atoms with Gasteiger partial charge >= 0.3 is 6.03 Å². The Labute approximate surface area is 145 Å². The molecule has 0 heterocycles. The van der Waals surface area contributed by atoms with E-state index < -0.39 is 0 Å². The van der Waals surface area contributed by atoms with Gasteiger partial charge in [-0.15, -0.1) is 0 Å². The van der Waals surface area contributed by atoms with Crippen molar-refractivity contribution in [1.29, 1.82) is 0 Å². The van der Waals surface area contributed by atoms with Crippen LogP contribution in [0.5, 0.6) is 5.75 Å². The summed E-state index contributed by atoms with van der Waals surface area (Å²) in [6.07, 6.45) is 1.69. The smallest absolute Gasteiger partial charge is 0.317 e. The Morgan fingerprint density at radius 3 is 2.57 bits per heavy atom. The van der Waals surface area contributed by atoms with Crippen molar-refractivity contribution in [3.8, 4) is 5.75 Å². The number of amides is 2. The molecule has 0 aliphatic heterocycles. The van der Waals surface area contributed by atoms with Gasteiger partial charge in [0.15, 0.2) is 6.73 Å². The van der Waals surface area contributed by atoms with Gasteiger partial charge < -0.3 is 15.4 Å². The molecule has 0 aliphatic carbocycles. The normalized spacial score (nSPS) is 10.2. The van der Waals surface area contributed by atoms with E-state index >= 15 is 0 Å². The summed E-state index contributed by atoms with van der Waals surface area (Å²) in [5.41, 5.74) is 2.31. The maximum absolute atomic E-state index is 11.7. The minimum atomic E-state index is -0.226. The molecule has 0 atom stereocenters. The van der Waals surface area contributed by atoms with Crippen LogP contribution in [0.25, 0.3) is 0 Å². The number of carbonyl (C=O) groups is 1. The molecule has 2 amide bonds. The molecule has 0 aliphatic rings. The van der Waals surface area contributed by atoms with Crippen LogP contribution < -0.4 is 15.4 Å². The van der Waals surface area contributed by atoms with Crippen molar-refractivity contribution in [1.82, 2.24) is 10.6 Å². The van der Waals surface area contributed by atoms with Crippen LogP contribution in [0.1, 0.15) is 18.1 Å². The Balaban J connectivity index is 1.66. The molecule has 0 saturated carbocycles. The van der Waals surface area contributed by atoms with Crippen LogP contribution in [0.3, 0.4) is 0 Å². The van der Waals surface area contributed by atoms with Gasteiger partial charge in [-0.05, 0) is 42.2 Å². The average Bonchev–Trinajstić information content (AvgIpc) is 2.57. The fourth-order valence-corrected chi connectivity index (χ4v) is 2.41. The fraction of sp³-hybridized carbons (Fsp3) is 0.278. The second-order valence-corrected chi connectivity index (χ2v) is 5.97. The van der Waals surface area contributed by atoms with Crippen LogP contribution >= 0.6 is 15.9 Å². The number of rotatable bonds is 7. The van der Waals surface area contributed by atoms with Gasteiger partial charge in [0, 0.05) is 11.0 Å². The molecule has 5 heteroatoms. The van der Waals surface area contributed by atoms with Gasteiger partial charge in [-0.1, -0.05) is 53.2 Å². The monoisotopic (exact) mass is 376 g/mol. The molecule has 23 heavy (non-hydrogen) atoms. The van der Waals surface area contributed by atoms with Crippen molar-refractivity contribution < 1.29 is 9.53 Å². The van der Waals surface area contributed by atoms with E-state index in [0.29, 0.717) is 6.54 Å².